The van der Waals surface area contributed by atoms with Crippen LogP contribution in [0.2, 0.25) is 0 Å². The minimum absolute atomic E-state index is 0.538. The maximum absolute atomic E-state index is 5.68. The van der Waals surface area contributed by atoms with Crippen LogP contribution in [0.25, 0.3) is 11.3 Å². The third-order valence-corrected chi connectivity index (χ3v) is 3.61. The van der Waals surface area contributed by atoms with Crippen molar-refractivity contribution in [2.45, 2.75) is 13.3 Å². The first-order chi connectivity index (χ1) is 11.2. The SMILES string of the molecule is Cc1ccc(CCOc2ccc(-c3ccc(N)cc3)nn2)cc1. The van der Waals surface area contributed by atoms with Gasteiger partial charge in [0.1, 0.15) is 0 Å². The largest absolute Gasteiger partial charge is 0.476 e. The molecule has 0 radical (unpaired) electrons. The molecule has 2 aromatic carbocycles. The fourth-order valence-electron chi connectivity index (χ4n) is 2.23. The Hall–Kier alpha value is -2.88. The highest BCUT2D eigenvalue weighted by Crippen LogP contribution is 2.19. The summed E-state index contributed by atoms with van der Waals surface area (Å²) in [6.07, 6.45) is 0.849. The Bertz CT molecular complexity index is 750. The monoisotopic (exact) mass is 305 g/mol. The molecule has 0 fully saturated rings. The van der Waals surface area contributed by atoms with Gasteiger partial charge in [-0.3, -0.25) is 0 Å². The second-order valence-corrected chi connectivity index (χ2v) is 5.46. The molecule has 0 amide bonds. The fraction of sp³-hybridized carbons (Fsp3) is 0.158. The van der Waals surface area contributed by atoms with E-state index in [1.165, 1.54) is 11.1 Å². The molecular formula is C19H19N3O. The fourth-order valence-corrected chi connectivity index (χ4v) is 2.23. The highest BCUT2D eigenvalue weighted by atomic mass is 16.5. The van der Waals surface area contributed by atoms with E-state index in [0.717, 1.165) is 23.4 Å². The van der Waals surface area contributed by atoms with E-state index in [1.54, 1.807) is 0 Å². The summed E-state index contributed by atoms with van der Waals surface area (Å²) < 4.78 is 5.66. The molecule has 3 aromatic rings. The molecule has 23 heavy (non-hydrogen) atoms. The smallest absolute Gasteiger partial charge is 0.233 e. The van der Waals surface area contributed by atoms with Gasteiger partial charge in [-0.1, -0.05) is 42.0 Å². The summed E-state index contributed by atoms with van der Waals surface area (Å²) in [5, 5.41) is 8.32. The Morgan fingerprint density at radius 2 is 1.61 bits per heavy atom. The first-order valence-corrected chi connectivity index (χ1v) is 7.59. The van der Waals surface area contributed by atoms with Crippen molar-refractivity contribution in [2.75, 3.05) is 12.3 Å². The molecule has 2 N–H and O–H groups in total. The van der Waals surface area contributed by atoms with Gasteiger partial charge in [-0.05, 0) is 30.7 Å². The molecule has 0 aliphatic rings. The van der Waals surface area contributed by atoms with Crippen LogP contribution in [-0.4, -0.2) is 16.8 Å². The molecule has 4 heteroatoms. The number of anilines is 1. The lowest BCUT2D eigenvalue weighted by atomic mass is 10.1. The molecule has 0 saturated heterocycles. The van der Waals surface area contributed by atoms with E-state index in [2.05, 4.69) is 41.4 Å². The van der Waals surface area contributed by atoms with E-state index in [0.29, 0.717) is 12.5 Å². The number of nitrogens with two attached hydrogens (primary N) is 1. The van der Waals surface area contributed by atoms with Gasteiger partial charge in [-0.2, -0.15) is 0 Å². The van der Waals surface area contributed by atoms with Crippen molar-refractivity contribution in [1.29, 1.82) is 0 Å². The molecule has 0 aliphatic carbocycles. The van der Waals surface area contributed by atoms with Gasteiger partial charge < -0.3 is 10.5 Å². The molecule has 0 saturated carbocycles. The number of hydrogen-bond acceptors (Lipinski definition) is 4. The summed E-state index contributed by atoms with van der Waals surface area (Å²) >= 11 is 0. The van der Waals surface area contributed by atoms with Crippen molar-refractivity contribution in [1.82, 2.24) is 10.2 Å². The molecule has 0 unspecified atom stereocenters. The van der Waals surface area contributed by atoms with Crippen LogP contribution >= 0.6 is 0 Å². The van der Waals surface area contributed by atoms with Gasteiger partial charge in [0, 0.05) is 23.7 Å². The van der Waals surface area contributed by atoms with Gasteiger partial charge in [0.15, 0.2) is 0 Å². The minimum atomic E-state index is 0.538. The zero-order valence-electron chi connectivity index (χ0n) is 13.1. The average molecular weight is 305 g/mol. The summed E-state index contributed by atoms with van der Waals surface area (Å²) in [4.78, 5) is 0. The van der Waals surface area contributed by atoms with Crippen molar-refractivity contribution >= 4 is 5.69 Å². The van der Waals surface area contributed by atoms with Crippen LogP contribution in [0, 0.1) is 6.92 Å². The molecule has 3 rings (SSSR count). The molecular weight excluding hydrogens is 286 g/mol. The highest BCUT2D eigenvalue weighted by molar-refractivity contribution is 5.61. The van der Waals surface area contributed by atoms with Crippen molar-refractivity contribution in [3.8, 4) is 17.1 Å². The summed E-state index contributed by atoms with van der Waals surface area (Å²) in [6.45, 7) is 2.66. The number of benzene rings is 2. The Morgan fingerprint density at radius 3 is 2.26 bits per heavy atom. The molecule has 0 spiro atoms. The molecule has 0 atom stereocenters. The van der Waals surface area contributed by atoms with Crippen molar-refractivity contribution in [3.05, 3.63) is 71.8 Å². The lowest BCUT2D eigenvalue weighted by Crippen LogP contribution is -2.03. The maximum atomic E-state index is 5.68. The summed E-state index contributed by atoms with van der Waals surface area (Å²) in [5.41, 5.74) is 10.7. The first-order valence-electron chi connectivity index (χ1n) is 7.59. The Kier molecular flexibility index (Phi) is 4.52. The topological polar surface area (TPSA) is 61.0 Å². The molecule has 1 aromatic heterocycles. The molecule has 0 bridgehead atoms. The van der Waals surface area contributed by atoms with Crippen molar-refractivity contribution in [2.24, 2.45) is 0 Å². The zero-order chi connectivity index (χ0) is 16.1. The van der Waals surface area contributed by atoms with E-state index >= 15 is 0 Å². The number of hydrogen-bond donors (Lipinski definition) is 1. The zero-order valence-corrected chi connectivity index (χ0v) is 13.1. The van der Waals surface area contributed by atoms with Crippen LogP contribution in [-0.2, 0) is 6.42 Å². The number of aromatic nitrogens is 2. The quantitative estimate of drug-likeness (QED) is 0.731. The number of ether oxygens (including phenoxy) is 1. The minimum Gasteiger partial charge on any atom is -0.476 e. The maximum Gasteiger partial charge on any atom is 0.233 e. The predicted molar refractivity (Wildman–Crippen MR) is 92.3 cm³/mol. The van der Waals surface area contributed by atoms with Gasteiger partial charge in [0.2, 0.25) is 5.88 Å². The Labute approximate surface area is 136 Å². The first kappa shape index (κ1) is 15.0. The predicted octanol–water partition coefficient (Wildman–Crippen LogP) is 3.66. The van der Waals surface area contributed by atoms with E-state index < -0.39 is 0 Å². The third kappa shape index (κ3) is 4.07. The van der Waals surface area contributed by atoms with Gasteiger partial charge in [0.05, 0.1) is 12.3 Å². The highest BCUT2D eigenvalue weighted by Gasteiger charge is 2.02. The van der Waals surface area contributed by atoms with Crippen molar-refractivity contribution in [3.63, 3.8) is 0 Å². The molecule has 116 valence electrons. The van der Waals surface area contributed by atoms with Crippen LogP contribution in [0.15, 0.2) is 60.7 Å². The number of nitrogens with zero attached hydrogens (tertiary/aromatic N) is 2. The van der Waals surface area contributed by atoms with E-state index in [9.17, 15) is 0 Å². The number of nitrogen functional groups attached to an aromatic ring is 1. The third-order valence-electron chi connectivity index (χ3n) is 3.61. The average Bonchev–Trinajstić information content (AvgIpc) is 2.58. The summed E-state index contributed by atoms with van der Waals surface area (Å²) in [7, 11) is 0. The Balaban J connectivity index is 1.57. The number of rotatable bonds is 5. The standard InChI is InChI=1S/C19H19N3O/c1-14-2-4-15(5-3-14)12-13-23-19-11-10-18(21-22-19)16-6-8-17(20)9-7-16/h2-11H,12-13,20H2,1H3. The van der Waals surface area contributed by atoms with Gasteiger partial charge >= 0.3 is 0 Å². The van der Waals surface area contributed by atoms with E-state index in [1.807, 2.05) is 36.4 Å². The van der Waals surface area contributed by atoms with Crippen LogP contribution in [0.5, 0.6) is 5.88 Å². The summed E-state index contributed by atoms with van der Waals surface area (Å²) in [6, 6.07) is 19.8. The van der Waals surface area contributed by atoms with Crippen LogP contribution in [0.4, 0.5) is 5.69 Å². The van der Waals surface area contributed by atoms with Crippen LogP contribution < -0.4 is 10.5 Å². The number of aryl methyl sites for hydroxylation is 1. The normalized spacial score (nSPS) is 10.5. The van der Waals surface area contributed by atoms with E-state index in [-0.39, 0.29) is 0 Å². The van der Waals surface area contributed by atoms with Crippen molar-refractivity contribution < 1.29 is 4.74 Å². The second-order valence-electron chi connectivity index (χ2n) is 5.46. The van der Waals surface area contributed by atoms with Crippen LogP contribution in [0.3, 0.4) is 0 Å². The molecule has 0 aliphatic heterocycles. The summed E-state index contributed by atoms with van der Waals surface area (Å²) in [5.74, 6) is 0.538. The Morgan fingerprint density at radius 1 is 0.870 bits per heavy atom. The second kappa shape index (κ2) is 6.92. The van der Waals surface area contributed by atoms with Crippen LogP contribution in [0.1, 0.15) is 11.1 Å². The van der Waals surface area contributed by atoms with Gasteiger partial charge in [-0.15, -0.1) is 10.2 Å². The van der Waals surface area contributed by atoms with E-state index in [4.69, 9.17) is 10.5 Å². The molecule has 1 heterocycles. The van der Waals surface area contributed by atoms with Gasteiger partial charge in [-0.25, -0.2) is 0 Å². The lowest BCUT2D eigenvalue weighted by molar-refractivity contribution is 0.306. The van der Waals surface area contributed by atoms with Gasteiger partial charge in [0.25, 0.3) is 0 Å². The molecule has 4 nitrogen and oxygen atoms in total. The lowest BCUT2D eigenvalue weighted by Gasteiger charge is -2.06.